The molecule has 3 nitrogen and oxygen atoms in total. The maximum Gasteiger partial charge on any atom is 0.416 e. The van der Waals surface area contributed by atoms with E-state index in [9.17, 15) is 18.3 Å². The van der Waals surface area contributed by atoms with Crippen LogP contribution in [0.2, 0.25) is 5.02 Å². The second-order valence-corrected chi connectivity index (χ2v) is 4.94. The molecule has 21 heavy (non-hydrogen) atoms. The third kappa shape index (κ3) is 3.65. The van der Waals surface area contributed by atoms with Gasteiger partial charge in [0.05, 0.1) is 16.7 Å². The number of rotatable bonds is 3. The molecule has 2 rings (SSSR count). The van der Waals surface area contributed by atoms with Gasteiger partial charge in [0.2, 0.25) is 0 Å². The summed E-state index contributed by atoms with van der Waals surface area (Å²) in [5.41, 5.74) is 5.50. The van der Waals surface area contributed by atoms with Gasteiger partial charge in [0.15, 0.2) is 0 Å². The molecule has 1 atom stereocenters. The maximum atomic E-state index is 12.7. The van der Waals surface area contributed by atoms with Gasteiger partial charge >= 0.3 is 6.18 Å². The number of benzene rings is 1. The minimum atomic E-state index is -4.49. The minimum Gasteiger partial charge on any atom is -0.398 e. The molecule has 1 heterocycles. The zero-order valence-electron chi connectivity index (χ0n) is 10.7. The Hall–Kier alpha value is -1.79. The number of nitrogens with two attached hydrogens (primary N) is 1. The van der Waals surface area contributed by atoms with Crippen molar-refractivity contribution >= 4 is 17.3 Å². The molecule has 3 N–H and O–H groups in total. The zero-order chi connectivity index (χ0) is 15.6. The van der Waals surface area contributed by atoms with Crippen LogP contribution in [0, 0.1) is 0 Å². The monoisotopic (exact) mass is 316 g/mol. The number of aliphatic hydroxyl groups excluding tert-OH is 1. The summed E-state index contributed by atoms with van der Waals surface area (Å²) in [5.74, 6) is 0. The molecular formula is C14H12ClF3N2O. The number of nitrogens with zero attached hydrogens (tertiary/aromatic N) is 1. The molecule has 0 amide bonds. The molecule has 7 heteroatoms. The van der Waals surface area contributed by atoms with Crippen molar-refractivity contribution in [3.05, 3.63) is 58.4 Å². The van der Waals surface area contributed by atoms with E-state index in [4.69, 9.17) is 17.3 Å². The second kappa shape index (κ2) is 5.91. The predicted octanol–water partition coefficient (Wildman–Crippen LogP) is 3.61. The number of anilines is 1. The van der Waals surface area contributed by atoms with Gasteiger partial charge in [-0.2, -0.15) is 13.2 Å². The van der Waals surface area contributed by atoms with Crippen molar-refractivity contribution in [1.29, 1.82) is 0 Å². The topological polar surface area (TPSA) is 59.1 Å². The average molecular weight is 317 g/mol. The first-order chi connectivity index (χ1) is 9.79. The highest BCUT2D eigenvalue weighted by molar-refractivity contribution is 6.31. The molecular weight excluding hydrogens is 305 g/mol. The number of halogens is 4. The lowest BCUT2D eigenvalue weighted by molar-refractivity contribution is -0.137. The lowest BCUT2D eigenvalue weighted by atomic mass is 9.98. The Morgan fingerprint density at radius 3 is 2.62 bits per heavy atom. The third-order valence-electron chi connectivity index (χ3n) is 3.04. The third-order valence-corrected chi connectivity index (χ3v) is 3.38. The van der Waals surface area contributed by atoms with E-state index in [1.807, 2.05) is 0 Å². The van der Waals surface area contributed by atoms with E-state index in [1.54, 1.807) is 6.07 Å². The fourth-order valence-electron chi connectivity index (χ4n) is 1.93. The van der Waals surface area contributed by atoms with Crippen molar-refractivity contribution in [2.24, 2.45) is 0 Å². The lowest BCUT2D eigenvalue weighted by Gasteiger charge is -2.16. The van der Waals surface area contributed by atoms with Crippen LogP contribution in [0.5, 0.6) is 0 Å². The summed E-state index contributed by atoms with van der Waals surface area (Å²) >= 11 is 5.91. The van der Waals surface area contributed by atoms with Crippen molar-refractivity contribution in [1.82, 2.24) is 4.98 Å². The summed E-state index contributed by atoms with van der Waals surface area (Å²) in [5, 5.41) is 10.5. The SMILES string of the molecule is Nc1ccc(C(F)(F)F)cc1C(O)Cc1ccncc1Cl. The second-order valence-electron chi connectivity index (χ2n) is 4.53. The molecule has 0 aliphatic heterocycles. The van der Waals surface area contributed by atoms with Gasteiger partial charge in [-0.1, -0.05) is 11.6 Å². The number of aromatic nitrogens is 1. The summed E-state index contributed by atoms with van der Waals surface area (Å²) < 4.78 is 38.1. The molecule has 1 aromatic heterocycles. The zero-order valence-corrected chi connectivity index (χ0v) is 11.5. The van der Waals surface area contributed by atoms with Crippen LogP contribution in [-0.2, 0) is 12.6 Å². The predicted molar refractivity (Wildman–Crippen MR) is 73.8 cm³/mol. The van der Waals surface area contributed by atoms with E-state index in [0.717, 1.165) is 18.2 Å². The van der Waals surface area contributed by atoms with Gasteiger partial charge in [-0.05, 0) is 29.8 Å². The average Bonchev–Trinajstić information content (AvgIpc) is 2.40. The van der Waals surface area contributed by atoms with Crippen LogP contribution in [0.1, 0.15) is 22.8 Å². The number of hydrogen-bond donors (Lipinski definition) is 2. The molecule has 1 aromatic carbocycles. The van der Waals surface area contributed by atoms with Crippen LogP contribution in [0.25, 0.3) is 0 Å². The van der Waals surface area contributed by atoms with Crippen molar-refractivity contribution < 1.29 is 18.3 Å². The van der Waals surface area contributed by atoms with Gasteiger partial charge in [0.25, 0.3) is 0 Å². The van der Waals surface area contributed by atoms with E-state index >= 15 is 0 Å². The summed E-state index contributed by atoms with van der Waals surface area (Å²) in [6.07, 6.45) is -2.74. The Labute approximate surface area is 124 Å². The fraction of sp³-hybridized carbons (Fsp3) is 0.214. The molecule has 1 unspecified atom stereocenters. The van der Waals surface area contributed by atoms with Gasteiger partial charge in [0, 0.05) is 30.1 Å². The summed E-state index contributed by atoms with van der Waals surface area (Å²) in [4.78, 5) is 3.80. The Balaban J connectivity index is 2.31. The number of aliphatic hydroxyl groups is 1. The van der Waals surface area contributed by atoms with Crippen molar-refractivity contribution in [3.8, 4) is 0 Å². The first kappa shape index (κ1) is 15.6. The van der Waals surface area contributed by atoms with E-state index in [1.165, 1.54) is 12.4 Å². The van der Waals surface area contributed by atoms with Crippen molar-refractivity contribution in [2.75, 3.05) is 5.73 Å². The molecule has 0 saturated heterocycles. The smallest absolute Gasteiger partial charge is 0.398 e. The quantitative estimate of drug-likeness (QED) is 0.850. The first-order valence-corrected chi connectivity index (χ1v) is 6.40. The Bertz CT molecular complexity index is 646. The first-order valence-electron chi connectivity index (χ1n) is 6.02. The molecule has 0 bridgehead atoms. The summed E-state index contributed by atoms with van der Waals surface area (Å²) in [6, 6.07) is 4.46. The van der Waals surface area contributed by atoms with Crippen LogP contribution in [0.15, 0.2) is 36.7 Å². The minimum absolute atomic E-state index is 0.0257. The number of nitrogen functional groups attached to an aromatic ring is 1. The van der Waals surface area contributed by atoms with Crippen LogP contribution in [0.3, 0.4) is 0 Å². The van der Waals surface area contributed by atoms with Crippen LogP contribution < -0.4 is 5.73 Å². The van der Waals surface area contributed by atoms with E-state index in [2.05, 4.69) is 4.98 Å². The molecule has 0 saturated carbocycles. The van der Waals surface area contributed by atoms with E-state index in [-0.39, 0.29) is 17.7 Å². The highest BCUT2D eigenvalue weighted by atomic mass is 35.5. The fourth-order valence-corrected chi connectivity index (χ4v) is 2.12. The van der Waals surface area contributed by atoms with E-state index < -0.39 is 17.8 Å². The van der Waals surface area contributed by atoms with Gasteiger partial charge in [-0.15, -0.1) is 0 Å². The molecule has 0 spiro atoms. The molecule has 0 aliphatic carbocycles. The van der Waals surface area contributed by atoms with Crippen LogP contribution in [0.4, 0.5) is 18.9 Å². The highest BCUT2D eigenvalue weighted by Gasteiger charge is 2.31. The largest absolute Gasteiger partial charge is 0.416 e. The number of alkyl halides is 3. The standard InChI is InChI=1S/C14H12ClF3N2O/c15-11-7-20-4-3-8(11)5-13(21)10-6-9(14(16,17)18)1-2-12(10)19/h1-4,6-7,13,21H,5,19H2. The molecule has 0 radical (unpaired) electrons. The Morgan fingerprint density at radius 2 is 2.00 bits per heavy atom. The lowest BCUT2D eigenvalue weighted by Crippen LogP contribution is -2.10. The van der Waals surface area contributed by atoms with Crippen LogP contribution >= 0.6 is 11.6 Å². The number of pyridine rings is 1. The van der Waals surface area contributed by atoms with Crippen molar-refractivity contribution in [3.63, 3.8) is 0 Å². The Kier molecular flexibility index (Phi) is 4.39. The highest BCUT2D eigenvalue weighted by Crippen LogP contribution is 2.34. The van der Waals surface area contributed by atoms with Gasteiger partial charge < -0.3 is 10.8 Å². The summed E-state index contributed by atoms with van der Waals surface area (Å²) in [6.45, 7) is 0. The maximum absolute atomic E-state index is 12.7. The van der Waals surface area contributed by atoms with Crippen LogP contribution in [-0.4, -0.2) is 10.1 Å². The van der Waals surface area contributed by atoms with Gasteiger partial charge in [0.1, 0.15) is 0 Å². The summed E-state index contributed by atoms with van der Waals surface area (Å²) in [7, 11) is 0. The number of hydrogen-bond acceptors (Lipinski definition) is 3. The van der Waals surface area contributed by atoms with Gasteiger partial charge in [-0.3, -0.25) is 4.98 Å². The van der Waals surface area contributed by atoms with Crippen molar-refractivity contribution in [2.45, 2.75) is 18.7 Å². The molecule has 0 aliphatic rings. The molecule has 0 fully saturated rings. The Morgan fingerprint density at radius 1 is 1.29 bits per heavy atom. The van der Waals surface area contributed by atoms with E-state index in [0.29, 0.717) is 10.6 Å². The normalized spacial score (nSPS) is 13.2. The van der Waals surface area contributed by atoms with Gasteiger partial charge in [-0.25, -0.2) is 0 Å². The molecule has 2 aromatic rings. The molecule has 112 valence electrons.